The van der Waals surface area contributed by atoms with Crippen molar-refractivity contribution in [1.29, 1.82) is 5.26 Å². The van der Waals surface area contributed by atoms with Crippen molar-refractivity contribution in [2.45, 2.75) is 23.8 Å². The van der Waals surface area contributed by atoms with Gasteiger partial charge in [-0.1, -0.05) is 12.1 Å². The van der Waals surface area contributed by atoms with Gasteiger partial charge >= 0.3 is 0 Å². The van der Waals surface area contributed by atoms with E-state index in [1.165, 1.54) is 0 Å². The number of piperidine rings is 1. The molecular weight excluding hydrogens is 434 g/mol. The Morgan fingerprint density at radius 1 is 1.09 bits per heavy atom. The van der Waals surface area contributed by atoms with Crippen LogP contribution in [-0.2, 0) is 11.0 Å². The minimum absolute atomic E-state index is 0.190. The molecule has 7 nitrogen and oxygen atoms in total. The second-order valence-electron chi connectivity index (χ2n) is 8.02. The molecule has 0 bridgehead atoms. The molecule has 1 aliphatic heterocycles. The van der Waals surface area contributed by atoms with Crippen LogP contribution in [0.5, 0.6) is 0 Å². The summed E-state index contributed by atoms with van der Waals surface area (Å²) in [5, 5.41) is 23.3. The highest BCUT2D eigenvalue weighted by atomic mass is 32.2. The van der Waals surface area contributed by atoms with Gasteiger partial charge in [0.1, 0.15) is 11.9 Å². The fraction of sp³-hybridized carbons (Fsp3) is 0.200. The van der Waals surface area contributed by atoms with Crippen LogP contribution >= 0.6 is 0 Å². The van der Waals surface area contributed by atoms with E-state index in [4.69, 9.17) is 0 Å². The van der Waals surface area contributed by atoms with Gasteiger partial charge in [0.25, 0.3) is 0 Å². The maximum Gasteiger partial charge on any atom is 0.158 e. The Kier molecular flexibility index (Phi) is 5.82. The van der Waals surface area contributed by atoms with E-state index in [1.54, 1.807) is 40.6 Å². The topological polar surface area (TPSA) is 94.2 Å². The standard InChI is InChI=1S/C25H23N5O2S/c26-16-18-3-1-2-4-24(18)33(32)30-14-9-19-17-27-25(15-23(19)30)28-20-5-7-21(8-6-20)29-12-10-22(31)11-13-29/h1-9,14-15,17,22,31H,10-13H2,(H,27,28). The van der Waals surface area contributed by atoms with Crippen molar-refractivity contribution < 1.29 is 9.32 Å². The SMILES string of the molecule is N#Cc1ccccc1S(=O)n1ccc2cnc(Nc3ccc(N4CCC(O)CC4)cc3)cc21. The molecule has 3 heterocycles. The van der Waals surface area contributed by atoms with Crippen molar-refractivity contribution in [2.75, 3.05) is 23.3 Å². The number of aromatic nitrogens is 2. The van der Waals surface area contributed by atoms with E-state index in [9.17, 15) is 14.6 Å². The van der Waals surface area contributed by atoms with Crippen molar-refractivity contribution in [3.8, 4) is 6.07 Å². The Balaban J connectivity index is 1.38. The van der Waals surface area contributed by atoms with Gasteiger partial charge in [-0.3, -0.25) is 3.97 Å². The Hall–Kier alpha value is -3.67. The molecule has 1 aliphatic rings. The monoisotopic (exact) mass is 457 g/mol. The molecule has 1 fully saturated rings. The molecular formula is C25H23N5O2S. The van der Waals surface area contributed by atoms with Gasteiger partial charge in [0.05, 0.1) is 22.1 Å². The Morgan fingerprint density at radius 3 is 2.61 bits per heavy atom. The predicted molar refractivity (Wildman–Crippen MR) is 130 cm³/mol. The van der Waals surface area contributed by atoms with E-state index < -0.39 is 11.0 Å². The molecule has 1 unspecified atom stereocenters. The van der Waals surface area contributed by atoms with Crippen molar-refractivity contribution in [2.24, 2.45) is 0 Å². The molecule has 166 valence electrons. The molecule has 0 amide bonds. The average molecular weight is 458 g/mol. The first-order chi connectivity index (χ1) is 16.1. The molecule has 0 aliphatic carbocycles. The highest BCUT2D eigenvalue weighted by Gasteiger charge is 2.17. The van der Waals surface area contributed by atoms with Gasteiger partial charge in [0.2, 0.25) is 0 Å². The van der Waals surface area contributed by atoms with Crippen LogP contribution in [0.3, 0.4) is 0 Å². The molecule has 0 radical (unpaired) electrons. The Morgan fingerprint density at radius 2 is 1.85 bits per heavy atom. The van der Waals surface area contributed by atoms with Crippen LogP contribution in [0, 0.1) is 11.3 Å². The highest BCUT2D eigenvalue weighted by Crippen LogP contribution is 2.26. The maximum absolute atomic E-state index is 13.2. The number of anilines is 3. The van der Waals surface area contributed by atoms with Crippen molar-refractivity contribution >= 4 is 39.1 Å². The van der Waals surface area contributed by atoms with Crippen LogP contribution in [0.25, 0.3) is 10.9 Å². The van der Waals surface area contributed by atoms with Gasteiger partial charge in [0, 0.05) is 48.3 Å². The summed E-state index contributed by atoms with van der Waals surface area (Å²) < 4.78 is 14.9. The minimum atomic E-state index is -1.55. The zero-order valence-corrected chi connectivity index (χ0v) is 18.7. The lowest BCUT2D eigenvalue weighted by molar-refractivity contribution is 0.145. The molecule has 1 atom stereocenters. The van der Waals surface area contributed by atoms with E-state index in [0.29, 0.717) is 16.3 Å². The van der Waals surface area contributed by atoms with Gasteiger partial charge < -0.3 is 15.3 Å². The number of nitrogens with one attached hydrogen (secondary N) is 1. The van der Waals surface area contributed by atoms with Crippen LogP contribution in [0.2, 0.25) is 0 Å². The number of pyridine rings is 1. The van der Waals surface area contributed by atoms with Gasteiger partial charge in [-0.25, -0.2) is 9.19 Å². The molecule has 2 aromatic carbocycles. The zero-order valence-electron chi connectivity index (χ0n) is 17.9. The maximum atomic E-state index is 13.2. The summed E-state index contributed by atoms with van der Waals surface area (Å²) in [4.78, 5) is 7.24. The van der Waals surface area contributed by atoms with Crippen LogP contribution in [-0.4, -0.2) is 37.5 Å². The van der Waals surface area contributed by atoms with Crippen molar-refractivity contribution in [3.05, 3.63) is 78.6 Å². The second kappa shape index (κ2) is 9.06. The number of hydrogen-bond acceptors (Lipinski definition) is 6. The lowest BCUT2D eigenvalue weighted by atomic mass is 10.1. The molecule has 1 saturated heterocycles. The van der Waals surface area contributed by atoms with E-state index in [1.807, 2.05) is 24.3 Å². The third kappa shape index (κ3) is 4.33. The van der Waals surface area contributed by atoms with Gasteiger partial charge in [-0.05, 0) is 55.3 Å². The number of nitrogens with zero attached hydrogens (tertiary/aromatic N) is 4. The first-order valence-corrected chi connectivity index (χ1v) is 11.9. The molecule has 4 aromatic rings. The lowest BCUT2D eigenvalue weighted by Gasteiger charge is -2.31. The van der Waals surface area contributed by atoms with E-state index >= 15 is 0 Å². The summed E-state index contributed by atoms with van der Waals surface area (Å²) in [5.74, 6) is 0.641. The normalized spacial score (nSPS) is 15.3. The third-order valence-corrected chi connectivity index (χ3v) is 7.29. The summed E-state index contributed by atoms with van der Waals surface area (Å²) in [6.45, 7) is 1.71. The molecule has 33 heavy (non-hydrogen) atoms. The van der Waals surface area contributed by atoms with Crippen molar-refractivity contribution in [1.82, 2.24) is 8.96 Å². The lowest BCUT2D eigenvalue weighted by Crippen LogP contribution is -2.35. The van der Waals surface area contributed by atoms with E-state index in [2.05, 4.69) is 33.4 Å². The molecule has 0 spiro atoms. The predicted octanol–water partition coefficient (Wildman–Crippen LogP) is 4.18. The first-order valence-electron chi connectivity index (χ1n) is 10.8. The summed E-state index contributed by atoms with van der Waals surface area (Å²) in [5.41, 5.74) is 3.20. The fourth-order valence-corrected chi connectivity index (χ4v) is 5.28. The first kappa shape index (κ1) is 21.2. The largest absolute Gasteiger partial charge is 0.393 e. The Labute approximate surface area is 194 Å². The number of nitriles is 1. The molecule has 2 N–H and O–H groups in total. The number of hydrogen-bond donors (Lipinski definition) is 2. The number of aliphatic hydroxyl groups is 1. The molecule has 5 rings (SSSR count). The summed E-state index contributed by atoms with van der Waals surface area (Å²) in [7, 11) is -1.55. The van der Waals surface area contributed by atoms with Gasteiger partial charge in [-0.15, -0.1) is 0 Å². The van der Waals surface area contributed by atoms with Crippen LogP contribution in [0.15, 0.2) is 78.0 Å². The number of benzene rings is 2. The minimum Gasteiger partial charge on any atom is -0.393 e. The summed E-state index contributed by atoms with van der Waals surface area (Å²) in [6, 6.07) is 20.9. The van der Waals surface area contributed by atoms with E-state index in [-0.39, 0.29) is 6.10 Å². The molecule has 2 aromatic heterocycles. The zero-order chi connectivity index (χ0) is 22.8. The smallest absolute Gasteiger partial charge is 0.158 e. The van der Waals surface area contributed by atoms with Gasteiger partial charge in [-0.2, -0.15) is 5.26 Å². The fourth-order valence-electron chi connectivity index (χ4n) is 4.06. The van der Waals surface area contributed by atoms with Crippen molar-refractivity contribution in [3.63, 3.8) is 0 Å². The number of fused-ring (bicyclic) bond motifs is 1. The summed E-state index contributed by atoms with van der Waals surface area (Å²) in [6.07, 6.45) is 4.90. The quantitative estimate of drug-likeness (QED) is 0.467. The molecule has 0 saturated carbocycles. The number of aliphatic hydroxyl groups excluding tert-OH is 1. The summed E-state index contributed by atoms with van der Waals surface area (Å²) >= 11 is 0. The van der Waals surface area contributed by atoms with E-state index in [0.717, 1.165) is 48.2 Å². The van der Waals surface area contributed by atoms with Gasteiger partial charge in [0.15, 0.2) is 11.0 Å². The third-order valence-electron chi connectivity index (χ3n) is 5.88. The molecule has 8 heteroatoms. The van der Waals surface area contributed by atoms with Crippen LogP contribution in [0.4, 0.5) is 17.2 Å². The second-order valence-corrected chi connectivity index (χ2v) is 9.35. The highest BCUT2D eigenvalue weighted by molar-refractivity contribution is 7.83. The Bertz CT molecular complexity index is 1350. The number of rotatable bonds is 5. The average Bonchev–Trinajstić information content (AvgIpc) is 3.28. The van der Waals surface area contributed by atoms with Crippen LogP contribution < -0.4 is 10.2 Å². The van der Waals surface area contributed by atoms with Crippen LogP contribution in [0.1, 0.15) is 18.4 Å².